The third-order valence-corrected chi connectivity index (χ3v) is 7.26. The van der Waals surface area contributed by atoms with Crippen molar-refractivity contribution in [1.29, 1.82) is 0 Å². The van der Waals surface area contributed by atoms with Gasteiger partial charge in [0.1, 0.15) is 11.9 Å². The van der Waals surface area contributed by atoms with E-state index < -0.39 is 17.8 Å². The van der Waals surface area contributed by atoms with Gasteiger partial charge in [-0.2, -0.15) is 0 Å². The second-order valence-electron chi connectivity index (χ2n) is 8.86. The summed E-state index contributed by atoms with van der Waals surface area (Å²) in [7, 11) is 1.30. The molecule has 1 atom stereocenters. The highest BCUT2D eigenvalue weighted by molar-refractivity contribution is 7.10. The third kappa shape index (κ3) is 6.18. The first-order valence-corrected chi connectivity index (χ1v) is 12.9. The van der Waals surface area contributed by atoms with E-state index in [0.717, 1.165) is 37.0 Å². The van der Waals surface area contributed by atoms with Crippen molar-refractivity contribution >= 4 is 34.8 Å². The molecule has 3 aromatic rings. The fourth-order valence-corrected chi connectivity index (χ4v) is 5.25. The lowest BCUT2D eigenvalue weighted by molar-refractivity contribution is -0.127. The van der Waals surface area contributed by atoms with Crippen molar-refractivity contribution in [2.24, 2.45) is 0 Å². The van der Waals surface area contributed by atoms with Gasteiger partial charge < -0.3 is 10.1 Å². The van der Waals surface area contributed by atoms with E-state index in [1.54, 1.807) is 24.3 Å². The Morgan fingerprint density at radius 3 is 2.33 bits per heavy atom. The van der Waals surface area contributed by atoms with E-state index in [1.165, 1.54) is 47.6 Å². The highest BCUT2D eigenvalue weighted by Gasteiger charge is 2.34. The molecular formula is C28H29FN2O4S. The van der Waals surface area contributed by atoms with Crippen molar-refractivity contribution in [2.45, 2.75) is 50.6 Å². The average Bonchev–Trinajstić information content (AvgIpc) is 3.41. The fourth-order valence-electron chi connectivity index (χ4n) is 4.55. The van der Waals surface area contributed by atoms with Crippen molar-refractivity contribution in [3.05, 3.63) is 87.9 Å². The summed E-state index contributed by atoms with van der Waals surface area (Å²) < 4.78 is 18.6. The number of carbonyl (C=O) groups is 3. The topological polar surface area (TPSA) is 75.7 Å². The SMILES string of the molecule is COC(=O)c1ccc([C@H](C(=O)NC2CCCCC2)N(C(=O)Cc2cccs2)c2ccc(F)cc2)cc1. The van der Waals surface area contributed by atoms with E-state index in [0.29, 0.717) is 16.8 Å². The van der Waals surface area contributed by atoms with E-state index in [-0.39, 0.29) is 24.3 Å². The molecule has 0 spiro atoms. The molecule has 0 radical (unpaired) electrons. The van der Waals surface area contributed by atoms with Gasteiger partial charge in [-0.1, -0.05) is 37.5 Å². The van der Waals surface area contributed by atoms with Gasteiger partial charge >= 0.3 is 5.97 Å². The van der Waals surface area contributed by atoms with Gasteiger partial charge in [0.05, 0.1) is 19.1 Å². The summed E-state index contributed by atoms with van der Waals surface area (Å²) in [5, 5.41) is 5.04. The summed E-state index contributed by atoms with van der Waals surface area (Å²) in [6, 6.07) is 14.8. The summed E-state index contributed by atoms with van der Waals surface area (Å²) in [6.07, 6.45) is 5.11. The van der Waals surface area contributed by atoms with Gasteiger partial charge in [-0.25, -0.2) is 9.18 Å². The number of rotatable bonds is 8. The number of hydrogen-bond donors (Lipinski definition) is 1. The molecule has 1 saturated carbocycles. The molecule has 8 heteroatoms. The number of nitrogens with one attached hydrogen (secondary N) is 1. The van der Waals surface area contributed by atoms with Crippen LogP contribution in [0.2, 0.25) is 0 Å². The Labute approximate surface area is 214 Å². The number of anilines is 1. The number of esters is 1. The Kier molecular flexibility index (Phi) is 8.48. The Morgan fingerprint density at radius 1 is 1.03 bits per heavy atom. The van der Waals surface area contributed by atoms with Gasteiger partial charge in [0, 0.05) is 16.6 Å². The van der Waals surface area contributed by atoms with Crippen molar-refractivity contribution in [3.63, 3.8) is 0 Å². The zero-order valence-corrected chi connectivity index (χ0v) is 20.9. The van der Waals surface area contributed by atoms with Crippen LogP contribution in [0.1, 0.15) is 58.9 Å². The molecule has 1 fully saturated rings. The van der Waals surface area contributed by atoms with Gasteiger partial charge in [0.25, 0.3) is 0 Å². The van der Waals surface area contributed by atoms with Gasteiger partial charge in [0.15, 0.2) is 0 Å². The maximum absolute atomic E-state index is 13.8. The molecule has 0 unspecified atom stereocenters. The molecule has 0 saturated heterocycles. The van der Waals surface area contributed by atoms with Gasteiger partial charge in [-0.3, -0.25) is 14.5 Å². The van der Waals surface area contributed by atoms with Crippen molar-refractivity contribution in [2.75, 3.05) is 12.0 Å². The average molecular weight is 509 g/mol. The van der Waals surface area contributed by atoms with Crippen LogP contribution in [-0.4, -0.2) is 30.9 Å². The minimum Gasteiger partial charge on any atom is -0.465 e. The predicted octanol–water partition coefficient (Wildman–Crippen LogP) is 5.44. The molecule has 36 heavy (non-hydrogen) atoms. The Balaban J connectivity index is 1.75. The van der Waals surface area contributed by atoms with Crippen LogP contribution in [0.5, 0.6) is 0 Å². The van der Waals surface area contributed by atoms with Crippen LogP contribution < -0.4 is 10.2 Å². The van der Waals surface area contributed by atoms with Gasteiger partial charge in [-0.15, -0.1) is 11.3 Å². The minimum absolute atomic E-state index is 0.0329. The van der Waals surface area contributed by atoms with E-state index in [2.05, 4.69) is 5.32 Å². The minimum atomic E-state index is -1.00. The van der Waals surface area contributed by atoms with Crippen molar-refractivity contribution in [3.8, 4) is 0 Å². The molecule has 1 heterocycles. The van der Waals surface area contributed by atoms with Crippen LogP contribution in [0.25, 0.3) is 0 Å². The Bertz CT molecular complexity index is 1170. The number of ether oxygens (including phenoxy) is 1. The number of amides is 2. The number of methoxy groups -OCH3 is 1. The van der Waals surface area contributed by atoms with E-state index in [9.17, 15) is 18.8 Å². The lowest BCUT2D eigenvalue weighted by Crippen LogP contribution is -2.47. The first-order chi connectivity index (χ1) is 17.5. The van der Waals surface area contributed by atoms with E-state index >= 15 is 0 Å². The number of benzene rings is 2. The lowest BCUT2D eigenvalue weighted by atomic mass is 9.94. The monoisotopic (exact) mass is 508 g/mol. The van der Waals surface area contributed by atoms with Crippen molar-refractivity contribution in [1.82, 2.24) is 5.32 Å². The normalized spacial score (nSPS) is 14.6. The van der Waals surface area contributed by atoms with Crippen LogP contribution in [0.15, 0.2) is 66.0 Å². The molecular weight excluding hydrogens is 479 g/mol. The van der Waals surface area contributed by atoms with Crippen LogP contribution in [-0.2, 0) is 20.7 Å². The zero-order valence-electron chi connectivity index (χ0n) is 20.1. The summed E-state index contributed by atoms with van der Waals surface area (Å²) in [5.41, 5.74) is 1.30. The number of halogens is 1. The van der Waals surface area contributed by atoms with Crippen LogP contribution in [0.4, 0.5) is 10.1 Å². The first kappa shape index (κ1) is 25.6. The fraction of sp³-hybridized carbons (Fsp3) is 0.321. The second kappa shape index (κ2) is 11.9. The number of thiophene rings is 1. The summed E-state index contributed by atoms with van der Waals surface area (Å²) >= 11 is 1.46. The summed E-state index contributed by atoms with van der Waals surface area (Å²) in [5.74, 6) is -1.52. The number of nitrogens with zero attached hydrogens (tertiary/aromatic N) is 1. The van der Waals surface area contributed by atoms with Crippen molar-refractivity contribution < 1.29 is 23.5 Å². The molecule has 4 rings (SSSR count). The molecule has 2 aromatic carbocycles. The maximum atomic E-state index is 13.8. The van der Waals surface area contributed by atoms with E-state index in [4.69, 9.17) is 4.74 Å². The largest absolute Gasteiger partial charge is 0.465 e. The number of hydrogen-bond acceptors (Lipinski definition) is 5. The molecule has 1 aliphatic carbocycles. The molecule has 6 nitrogen and oxygen atoms in total. The summed E-state index contributed by atoms with van der Waals surface area (Å²) in [4.78, 5) is 41.8. The predicted molar refractivity (Wildman–Crippen MR) is 137 cm³/mol. The lowest BCUT2D eigenvalue weighted by Gasteiger charge is -2.33. The van der Waals surface area contributed by atoms with Crippen LogP contribution in [0.3, 0.4) is 0 Å². The second-order valence-corrected chi connectivity index (χ2v) is 9.89. The van der Waals surface area contributed by atoms with Crippen LogP contribution in [0, 0.1) is 5.82 Å². The van der Waals surface area contributed by atoms with Gasteiger partial charge in [0.2, 0.25) is 11.8 Å². The van der Waals surface area contributed by atoms with E-state index in [1.807, 2.05) is 17.5 Å². The quantitative estimate of drug-likeness (QED) is 0.411. The molecule has 0 aliphatic heterocycles. The molecule has 1 aromatic heterocycles. The Hall–Kier alpha value is -3.52. The smallest absolute Gasteiger partial charge is 0.337 e. The highest BCUT2D eigenvalue weighted by Crippen LogP contribution is 2.31. The third-order valence-electron chi connectivity index (χ3n) is 6.38. The highest BCUT2D eigenvalue weighted by atomic mass is 32.1. The number of carbonyl (C=O) groups excluding carboxylic acids is 3. The zero-order chi connectivity index (χ0) is 25.5. The standard InChI is InChI=1S/C28H29FN2O4S/c1-35-28(34)20-11-9-19(10-12-20)26(27(33)30-22-6-3-2-4-7-22)31(23-15-13-21(29)14-16-23)25(32)18-24-8-5-17-36-24/h5,8-17,22,26H,2-4,6-7,18H2,1H3,(H,30,33)/t26-/m1/s1. The molecule has 0 bridgehead atoms. The summed E-state index contributed by atoms with van der Waals surface area (Å²) in [6.45, 7) is 0. The molecule has 188 valence electrons. The maximum Gasteiger partial charge on any atom is 0.337 e. The molecule has 1 N–H and O–H groups in total. The first-order valence-electron chi connectivity index (χ1n) is 12.0. The van der Waals surface area contributed by atoms with Gasteiger partial charge in [-0.05, 0) is 66.2 Å². The van der Waals surface area contributed by atoms with Crippen LogP contribution >= 0.6 is 11.3 Å². The molecule has 2 amide bonds. The Morgan fingerprint density at radius 2 is 1.72 bits per heavy atom. The molecule has 1 aliphatic rings.